The van der Waals surface area contributed by atoms with Crippen molar-refractivity contribution in [2.75, 3.05) is 26.7 Å². The van der Waals surface area contributed by atoms with Gasteiger partial charge in [-0.15, -0.1) is 0 Å². The van der Waals surface area contributed by atoms with E-state index in [0.717, 1.165) is 29.7 Å². The first-order valence-corrected chi connectivity index (χ1v) is 8.14. The summed E-state index contributed by atoms with van der Waals surface area (Å²) in [6, 6.07) is 0.764. The molecule has 2 heteroatoms. The third-order valence-electron chi connectivity index (χ3n) is 6.00. The Bertz CT molecular complexity index is 270. The quantitative estimate of drug-likeness (QED) is 0.825. The highest BCUT2D eigenvalue weighted by Gasteiger charge is 2.41. The molecule has 3 rings (SSSR count). The molecule has 0 aromatic carbocycles. The number of nitrogens with one attached hydrogen (secondary N) is 1. The first kappa shape index (κ1) is 12.9. The van der Waals surface area contributed by atoms with Gasteiger partial charge in [-0.05, 0) is 89.4 Å². The van der Waals surface area contributed by atoms with E-state index < -0.39 is 0 Å². The summed E-state index contributed by atoms with van der Waals surface area (Å²) in [5, 5.41) is 3.88. The Labute approximate surface area is 113 Å². The molecule has 4 atom stereocenters. The molecule has 3 aliphatic rings. The van der Waals surface area contributed by atoms with Crippen LogP contribution in [-0.4, -0.2) is 37.6 Å². The van der Waals surface area contributed by atoms with Crippen molar-refractivity contribution < 1.29 is 0 Å². The van der Waals surface area contributed by atoms with E-state index in [9.17, 15) is 0 Å². The smallest absolute Gasteiger partial charge is 0.00698 e. The van der Waals surface area contributed by atoms with Crippen molar-refractivity contribution in [1.29, 1.82) is 0 Å². The number of piperidine rings is 1. The Morgan fingerprint density at radius 3 is 2.50 bits per heavy atom. The molecule has 18 heavy (non-hydrogen) atoms. The lowest BCUT2D eigenvalue weighted by Crippen LogP contribution is -2.41. The summed E-state index contributed by atoms with van der Waals surface area (Å²) in [5.41, 5.74) is 0. The zero-order valence-electron chi connectivity index (χ0n) is 12.2. The first-order valence-electron chi connectivity index (χ1n) is 8.14. The molecule has 1 heterocycles. The van der Waals surface area contributed by atoms with Crippen molar-refractivity contribution >= 4 is 0 Å². The van der Waals surface area contributed by atoms with Gasteiger partial charge in [-0.1, -0.05) is 6.42 Å². The molecular weight excluding hydrogens is 220 g/mol. The summed E-state index contributed by atoms with van der Waals surface area (Å²) < 4.78 is 0. The second kappa shape index (κ2) is 5.50. The molecule has 0 amide bonds. The SMILES string of the molecule is CC(NCC1CCN(C)CC1)C1CC2CCC1C2. The van der Waals surface area contributed by atoms with Crippen LogP contribution in [0.25, 0.3) is 0 Å². The van der Waals surface area contributed by atoms with Crippen LogP contribution in [0.1, 0.15) is 45.4 Å². The van der Waals surface area contributed by atoms with Crippen LogP contribution in [0.15, 0.2) is 0 Å². The average Bonchev–Trinajstić information content (AvgIpc) is 3.00. The van der Waals surface area contributed by atoms with Crippen molar-refractivity contribution in [2.24, 2.45) is 23.7 Å². The molecule has 1 saturated heterocycles. The highest BCUT2D eigenvalue weighted by atomic mass is 15.1. The second-order valence-corrected chi connectivity index (χ2v) is 7.28. The molecular formula is C16H30N2. The summed E-state index contributed by atoms with van der Waals surface area (Å²) >= 11 is 0. The third kappa shape index (κ3) is 2.75. The minimum atomic E-state index is 0.764. The molecule has 2 nitrogen and oxygen atoms in total. The molecule has 1 N–H and O–H groups in total. The van der Waals surface area contributed by atoms with E-state index in [1.807, 2.05) is 0 Å². The summed E-state index contributed by atoms with van der Waals surface area (Å²) in [5.74, 6) is 4.08. The van der Waals surface area contributed by atoms with Gasteiger partial charge in [-0.3, -0.25) is 0 Å². The molecule has 3 fully saturated rings. The predicted molar refractivity (Wildman–Crippen MR) is 76.6 cm³/mol. The van der Waals surface area contributed by atoms with Gasteiger partial charge in [-0.2, -0.15) is 0 Å². The van der Waals surface area contributed by atoms with Crippen molar-refractivity contribution in [3.05, 3.63) is 0 Å². The molecule has 4 unspecified atom stereocenters. The van der Waals surface area contributed by atoms with E-state index in [4.69, 9.17) is 0 Å². The second-order valence-electron chi connectivity index (χ2n) is 7.28. The van der Waals surface area contributed by atoms with Gasteiger partial charge in [0.25, 0.3) is 0 Å². The van der Waals surface area contributed by atoms with Crippen molar-refractivity contribution in [1.82, 2.24) is 10.2 Å². The lowest BCUT2D eigenvalue weighted by atomic mass is 9.83. The summed E-state index contributed by atoms with van der Waals surface area (Å²) in [6.07, 6.45) is 8.91. The molecule has 2 bridgehead atoms. The number of hydrogen-bond acceptors (Lipinski definition) is 2. The van der Waals surface area contributed by atoms with Gasteiger partial charge in [0.15, 0.2) is 0 Å². The van der Waals surface area contributed by atoms with Gasteiger partial charge in [0.2, 0.25) is 0 Å². The third-order valence-corrected chi connectivity index (χ3v) is 6.00. The minimum absolute atomic E-state index is 0.764. The lowest BCUT2D eigenvalue weighted by Gasteiger charge is -2.33. The molecule has 0 aromatic heterocycles. The zero-order valence-corrected chi connectivity index (χ0v) is 12.2. The molecule has 2 aliphatic carbocycles. The van der Waals surface area contributed by atoms with Crippen LogP contribution in [0, 0.1) is 23.7 Å². The maximum absolute atomic E-state index is 3.88. The van der Waals surface area contributed by atoms with Crippen LogP contribution in [-0.2, 0) is 0 Å². The van der Waals surface area contributed by atoms with E-state index in [1.165, 1.54) is 51.7 Å². The Morgan fingerprint density at radius 2 is 1.89 bits per heavy atom. The Hall–Kier alpha value is -0.0800. The fourth-order valence-electron chi connectivity index (χ4n) is 4.68. The highest BCUT2D eigenvalue weighted by Crippen LogP contribution is 2.49. The van der Waals surface area contributed by atoms with Crippen LogP contribution >= 0.6 is 0 Å². The summed E-state index contributed by atoms with van der Waals surface area (Å²) in [6.45, 7) is 6.31. The van der Waals surface area contributed by atoms with Gasteiger partial charge in [-0.25, -0.2) is 0 Å². The van der Waals surface area contributed by atoms with Gasteiger partial charge in [0.05, 0.1) is 0 Å². The number of hydrogen-bond donors (Lipinski definition) is 1. The molecule has 0 spiro atoms. The standard InChI is InChI=1S/C16H30N2/c1-12(16-10-14-3-4-15(16)9-14)17-11-13-5-7-18(2)8-6-13/h12-17H,3-11H2,1-2H3. The van der Waals surface area contributed by atoms with Crippen LogP contribution in [0.2, 0.25) is 0 Å². The molecule has 104 valence electrons. The van der Waals surface area contributed by atoms with Crippen LogP contribution in [0.4, 0.5) is 0 Å². The van der Waals surface area contributed by atoms with Gasteiger partial charge < -0.3 is 10.2 Å². The number of rotatable bonds is 4. The van der Waals surface area contributed by atoms with E-state index in [2.05, 4.69) is 24.2 Å². The summed E-state index contributed by atoms with van der Waals surface area (Å²) in [7, 11) is 2.25. The summed E-state index contributed by atoms with van der Waals surface area (Å²) in [4.78, 5) is 2.47. The largest absolute Gasteiger partial charge is 0.314 e. The van der Waals surface area contributed by atoms with E-state index >= 15 is 0 Å². The number of nitrogens with zero attached hydrogens (tertiary/aromatic N) is 1. The topological polar surface area (TPSA) is 15.3 Å². The Balaban J connectivity index is 1.40. The molecule has 1 aliphatic heterocycles. The lowest BCUT2D eigenvalue weighted by molar-refractivity contribution is 0.199. The van der Waals surface area contributed by atoms with Crippen molar-refractivity contribution in [3.63, 3.8) is 0 Å². The van der Waals surface area contributed by atoms with E-state index in [-0.39, 0.29) is 0 Å². The minimum Gasteiger partial charge on any atom is -0.314 e. The van der Waals surface area contributed by atoms with Gasteiger partial charge >= 0.3 is 0 Å². The predicted octanol–water partition coefficient (Wildman–Crippen LogP) is 2.74. The Morgan fingerprint density at radius 1 is 1.11 bits per heavy atom. The maximum Gasteiger partial charge on any atom is 0.00698 e. The van der Waals surface area contributed by atoms with Crippen LogP contribution in [0.3, 0.4) is 0 Å². The van der Waals surface area contributed by atoms with Gasteiger partial charge in [0.1, 0.15) is 0 Å². The number of fused-ring (bicyclic) bond motifs is 2. The number of likely N-dealkylation sites (tertiary alicyclic amines) is 1. The molecule has 2 saturated carbocycles. The molecule has 0 radical (unpaired) electrons. The fraction of sp³-hybridized carbons (Fsp3) is 1.00. The van der Waals surface area contributed by atoms with Crippen LogP contribution < -0.4 is 5.32 Å². The first-order chi connectivity index (χ1) is 8.72. The Kier molecular flexibility index (Phi) is 3.95. The average molecular weight is 250 g/mol. The van der Waals surface area contributed by atoms with E-state index in [1.54, 1.807) is 6.42 Å². The monoisotopic (exact) mass is 250 g/mol. The zero-order chi connectivity index (χ0) is 12.5. The van der Waals surface area contributed by atoms with Crippen molar-refractivity contribution in [2.45, 2.75) is 51.5 Å². The normalized spacial score (nSPS) is 39.3. The fourth-order valence-corrected chi connectivity index (χ4v) is 4.68. The van der Waals surface area contributed by atoms with Crippen LogP contribution in [0.5, 0.6) is 0 Å². The van der Waals surface area contributed by atoms with E-state index in [0.29, 0.717) is 0 Å². The molecule has 0 aromatic rings. The van der Waals surface area contributed by atoms with Crippen molar-refractivity contribution in [3.8, 4) is 0 Å². The van der Waals surface area contributed by atoms with Gasteiger partial charge in [0, 0.05) is 6.04 Å². The highest BCUT2D eigenvalue weighted by molar-refractivity contribution is 4.94. The maximum atomic E-state index is 3.88.